The van der Waals surface area contributed by atoms with Crippen LogP contribution in [0.25, 0.3) is 33.3 Å². The third kappa shape index (κ3) is 3.73. The van der Waals surface area contributed by atoms with Gasteiger partial charge in [0.15, 0.2) is 0 Å². The number of aryl methyl sites for hydroxylation is 2. The molecule has 168 valence electrons. The average Bonchev–Trinajstić information content (AvgIpc) is 3.55. The average molecular weight is 473 g/mol. The molecule has 0 bridgehead atoms. The van der Waals surface area contributed by atoms with Crippen LogP contribution in [0.3, 0.4) is 0 Å². The maximum Gasteiger partial charge on any atom is 0.237 e. The predicted molar refractivity (Wildman–Crippen MR) is 125 cm³/mol. The summed E-state index contributed by atoms with van der Waals surface area (Å²) >= 11 is 6.69. The van der Waals surface area contributed by atoms with Gasteiger partial charge in [0.2, 0.25) is 11.8 Å². The second kappa shape index (κ2) is 7.92. The first kappa shape index (κ1) is 20.3. The molecule has 0 atom stereocenters. The van der Waals surface area contributed by atoms with Crippen LogP contribution >= 0.6 is 11.6 Å². The number of hydrogen-bond donors (Lipinski definition) is 1. The minimum absolute atomic E-state index is 0.362. The summed E-state index contributed by atoms with van der Waals surface area (Å²) in [5, 5.41) is 12.6. The molecule has 0 saturated carbocycles. The number of aromatic amines is 1. The van der Waals surface area contributed by atoms with Crippen molar-refractivity contribution in [3.8, 4) is 22.8 Å². The van der Waals surface area contributed by atoms with Crippen molar-refractivity contribution in [2.75, 3.05) is 0 Å². The molecule has 11 heteroatoms. The summed E-state index contributed by atoms with van der Waals surface area (Å²) in [6.07, 6.45) is 5.23. The van der Waals surface area contributed by atoms with Gasteiger partial charge in [0.25, 0.3) is 0 Å². The molecule has 1 N–H and O–H groups in total. The third-order valence-electron chi connectivity index (χ3n) is 5.21. The molecule has 0 unspecified atom stereocenters. The van der Waals surface area contributed by atoms with Crippen molar-refractivity contribution < 1.29 is 9.15 Å². The summed E-state index contributed by atoms with van der Waals surface area (Å²) in [4.78, 5) is 16.9. The Morgan fingerprint density at radius 2 is 1.94 bits per heavy atom. The number of imidazole rings is 1. The summed E-state index contributed by atoms with van der Waals surface area (Å²) in [5.74, 6) is 2.95. The standard InChI is InChI=1S/C23H17ClN8O2/c1-12-27-16-4-3-15(7-18(16)28-12)34-20-6-5-17-23(22(20)24)29-19(9-25-17)14-8-26-32(10-14)11-21-31-30-13(2)33-21/h3-10H,11H2,1-2H3,(H,27,28). The molecule has 0 radical (unpaired) electrons. The second-order valence-electron chi connectivity index (χ2n) is 7.75. The molecule has 6 rings (SSSR count). The molecule has 0 aliphatic rings. The number of rotatable bonds is 5. The Bertz CT molecular complexity index is 1670. The summed E-state index contributed by atoms with van der Waals surface area (Å²) in [6, 6.07) is 9.25. The Labute approximate surface area is 197 Å². The minimum atomic E-state index is 0.362. The number of nitrogens with zero attached hydrogens (tertiary/aromatic N) is 7. The van der Waals surface area contributed by atoms with Crippen LogP contribution in [0.4, 0.5) is 0 Å². The lowest BCUT2D eigenvalue weighted by Crippen LogP contribution is -2.00. The molecule has 0 aliphatic carbocycles. The monoisotopic (exact) mass is 472 g/mol. The lowest BCUT2D eigenvalue weighted by molar-refractivity contribution is 0.444. The van der Waals surface area contributed by atoms with Crippen molar-refractivity contribution in [3.05, 3.63) is 71.6 Å². The lowest BCUT2D eigenvalue weighted by Gasteiger charge is -2.10. The number of nitrogens with one attached hydrogen (secondary N) is 1. The first-order valence-corrected chi connectivity index (χ1v) is 10.8. The van der Waals surface area contributed by atoms with Crippen molar-refractivity contribution in [3.63, 3.8) is 0 Å². The van der Waals surface area contributed by atoms with E-state index in [-0.39, 0.29) is 0 Å². The highest BCUT2D eigenvalue weighted by atomic mass is 35.5. The van der Waals surface area contributed by atoms with Gasteiger partial charge in [-0.2, -0.15) is 5.10 Å². The van der Waals surface area contributed by atoms with Crippen LogP contribution in [-0.2, 0) is 6.54 Å². The fourth-order valence-corrected chi connectivity index (χ4v) is 3.91. The zero-order chi connectivity index (χ0) is 23.2. The predicted octanol–water partition coefficient (Wildman–Crippen LogP) is 4.86. The van der Waals surface area contributed by atoms with E-state index in [0.29, 0.717) is 51.6 Å². The molecule has 0 aliphatic heterocycles. The number of ether oxygens (including phenoxy) is 1. The van der Waals surface area contributed by atoms with Crippen LogP contribution in [-0.4, -0.2) is 39.9 Å². The van der Waals surface area contributed by atoms with Gasteiger partial charge in [0.1, 0.15) is 34.4 Å². The number of hydrogen-bond acceptors (Lipinski definition) is 8. The summed E-state index contributed by atoms with van der Waals surface area (Å²) < 4.78 is 13.2. The number of aromatic nitrogens is 8. The van der Waals surface area contributed by atoms with Gasteiger partial charge in [-0.1, -0.05) is 11.6 Å². The van der Waals surface area contributed by atoms with Crippen LogP contribution in [0, 0.1) is 13.8 Å². The molecule has 34 heavy (non-hydrogen) atoms. The SMILES string of the molecule is Cc1nc2ccc(Oc3ccc4ncc(-c5cnn(Cc6nnc(C)o6)c5)nc4c3Cl)cc2[nH]1. The van der Waals surface area contributed by atoms with Crippen LogP contribution in [0.1, 0.15) is 17.6 Å². The van der Waals surface area contributed by atoms with Crippen LogP contribution in [0.2, 0.25) is 5.02 Å². The first-order valence-electron chi connectivity index (χ1n) is 10.4. The highest BCUT2D eigenvalue weighted by Crippen LogP contribution is 2.35. The molecular formula is C23H17ClN8O2. The fourth-order valence-electron chi connectivity index (χ4n) is 3.67. The number of halogens is 1. The summed E-state index contributed by atoms with van der Waals surface area (Å²) in [5.41, 5.74) is 4.38. The van der Waals surface area contributed by atoms with E-state index in [4.69, 9.17) is 25.7 Å². The molecule has 6 aromatic rings. The van der Waals surface area contributed by atoms with Gasteiger partial charge in [-0.05, 0) is 31.2 Å². The highest BCUT2D eigenvalue weighted by Gasteiger charge is 2.14. The maximum atomic E-state index is 6.69. The molecule has 4 aromatic heterocycles. The van der Waals surface area contributed by atoms with Crippen LogP contribution in [0.5, 0.6) is 11.5 Å². The molecule has 2 aromatic carbocycles. The second-order valence-corrected chi connectivity index (χ2v) is 8.12. The van der Waals surface area contributed by atoms with Gasteiger partial charge in [0, 0.05) is 24.8 Å². The van der Waals surface area contributed by atoms with Gasteiger partial charge < -0.3 is 14.1 Å². The number of benzene rings is 2. The molecule has 0 amide bonds. The zero-order valence-corrected chi connectivity index (χ0v) is 18.9. The van der Waals surface area contributed by atoms with Crippen LogP contribution in [0.15, 0.2) is 53.3 Å². The number of fused-ring (bicyclic) bond motifs is 2. The zero-order valence-electron chi connectivity index (χ0n) is 18.2. The third-order valence-corrected chi connectivity index (χ3v) is 5.58. The van der Waals surface area contributed by atoms with Gasteiger partial charge >= 0.3 is 0 Å². The van der Waals surface area contributed by atoms with Gasteiger partial charge in [-0.3, -0.25) is 9.67 Å². The molecular weight excluding hydrogens is 456 g/mol. The van der Waals surface area contributed by atoms with Crippen LogP contribution < -0.4 is 4.74 Å². The Morgan fingerprint density at radius 3 is 2.79 bits per heavy atom. The summed E-state index contributed by atoms with van der Waals surface area (Å²) in [7, 11) is 0. The van der Waals surface area contributed by atoms with E-state index in [1.807, 2.05) is 37.4 Å². The first-order chi connectivity index (χ1) is 16.5. The minimum Gasteiger partial charge on any atom is -0.456 e. The van der Waals surface area contributed by atoms with Crippen molar-refractivity contribution in [2.24, 2.45) is 0 Å². The Kier molecular flexibility index (Phi) is 4.73. The van der Waals surface area contributed by atoms with E-state index in [1.165, 1.54) is 0 Å². The van der Waals surface area contributed by atoms with Crippen molar-refractivity contribution in [1.82, 2.24) is 39.9 Å². The Hall–Kier alpha value is -4.31. The smallest absolute Gasteiger partial charge is 0.237 e. The molecule has 0 fully saturated rings. The topological polar surface area (TPSA) is 120 Å². The Morgan fingerprint density at radius 1 is 1.06 bits per heavy atom. The Balaban J connectivity index is 1.31. The highest BCUT2D eigenvalue weighted by molar-refractivity contribution is 6.36. The van der Waals surface area contributed by atoms with Crippen molar-refractivity contribution in [2.45, 2.75) is 20.4 Å². The van der Waals surface area contributed by atoms with E-state index >= 15 is 0 Å². The molecule has 0 saturated heterocycles. The van der Waals surface area contributed by atoms with Crippen molar-refractivity contribution in [1.29, 1.82) is 0 Å². The normalized spacial score (nSPS) is 11.5. The quantitative estimate of drug-likeness (QED) is 0.377. The van der Waals surface area contributed by atoms with E-state index in [2.05, 4.69) is 30.2 Å². The number of H-pyrrole nitrogens is 1. The van der Waals surface area contributed by atoms with E-state index in [9.17, 15) is 0 Å². The van der Waals surface area contributed by atoms with Crippen molar-refractivity contribution >= 4 is 33.7 Å². The van der Waals surface area contributed by atoms with E-state index in [0.717, 1.165) is 22.4 Å². The van der Waals surface area contributed by atoms with Gasteiger partial charge in [0.05, 0.1) is 34.6 Å². The van der Waals surface area contributed by atoms with E-state index < -0.39 is 0 Å². The fraction of sp³-hybridized carbons (Fsp3) is 0.130. The molecule has 4 heterocycles. The largest absolute Gasteiger partial charge is 0.456 e. The maximum absolute atomic E-state index is 6.69. The van der Waals surface area contributed by atoms with Gasteiger partial charge in [-0.25, -0.2) is 9.97 Å². The summed E-state index contributed by atoms with van der Waals surface area (Å²) in [6.45, 7) is 4.02. The lowest BCUT2D eigenvalue weighted by atomic mass is 10.2. The van der Waals surface area contributed by atoms with E-state index in [1.54, 1.807) is 30.1 Å². The molecule has 0 spiro atoms. The molecule has 10 nitrogen and oxygen atoms in total. The van der Waals surface area contributed by atoms with Gasteiger partial charge in [-0.15, -0.1) is 10.2 Å².